The van der Waals surface area contributed by atoms with Gasteiger partial charge in [-0.1, -0.05) is 47.5 Å². The van der Waals surface area contributed by atoms with E-state index >= 15 is 0 Å². The number of benzene rings is 4. The molecule has 0 unspecified atom stereocenters. The fourth-order valence-electron chi connectivity index (χ4n) is 3.90. The van der Waals surface area contributed by atoms with E-state index in [1.54, 1.807) is 41.7 Å². The predicted molar refractivity (Wildman–Crippen MR) is 156 cm³/mol. The van der Waals surface area contributed by atoms with Gasteiger partial charge in [-0.25, -0.2) is 13.4 Å². The lowest BCUT2D eigenvalue weighted by molar-refractivity contribution is -0.114. The Morgan fingerprint density at radius 2 is 1.61 bits per heavy atom. The second-order valence-electron chi connectivity index (χ2n) is 8.57. The van der Waals surface area contributed by atoms with Crippen molar-refractivity contribution < 1.29 is 13.2 Å². The lowest BCUT2D eigenvalue weighted by atomic mass is 10.2. The topological polar surface area (TPSA) is 79.4 Å². The first-order chi connectivity index (χ1) is 18.2. The van der Waals surface area contributed by atoms with E-state index in [1.807, 2.05) is 31.2 Å². The van der Waals surface area contributed by atoms with Gasteiger partial charge in [0.25, 0.3) is 10.0 Å². The second-order valence-corrected chi connectivity index (χ2v) is 12.3. The van der Waals surface area contributed by atoms with Gasteiger partial charge >= 0.3 is 0 Å². The minimum atomic E-state index is -4.09. The summed E-state index contributed by atoms with van der Waals surface area (Å²) >= 11 is 13.9. The van der Waals surface area contributed by atoms with Crippen LogP contribution in [0.25, 0.3) is 20.8 Å². The Hall–Kier alpha value is -3.43. The standard InChI is InChI=1S/C28H21Cl2N3O3S2/c1-18-7-12-25-26(13-18)37-28(32-25)19-8-10-22(11-9-19)31-27(34)17-33(23-15-20(29)14-21(30)16-23)38(35,36)24-5-3-2-4-6-24/h2-16H,17H2,1H3,(H,31,34). The third-order valence-electron chi connectivity index (χ3n) is 5.71. The van der Waals surface area contributed by atoms with Gasteiger partial charge in [0.15, 0.2) is 0 Å². The Morgan fingerprint density at radius 1 is 0.921 bits per heavy atom. The molecule has 0 fully saturated rings. The smallest absolute Gasteiger partial charge is 0.264 e. The monoisotopic (exact) mass is 581 g/mol. The van der Waals surface area contributed by atoms with Crippen LogP contribution < -0.4 is 9.62 Å². The fraction of sp³-hybridized carbons (Fsp3) is 0.0714. The number of carbonyl (C=O) groups excluding carboxylic acids is 1. The van der Waals surface area contributed by atoms with Crippen LogP contribution in [0.3, 0.4) is 0 Å². The van der Waals surface area contributed by atoms with E-state index in [4.69, 9.17) is 28.2 Å². The summed E-state index contributed by atoms with van der Waals surface area (Å²) in [5, 5.41) is 4.16. The van der Waals surface area contributed by atoms with Crippen LogP contribution in [0.2, 0.25) is 10.0 Å². The van der Waals surface area contributed by atoms with E-state index in [1.165, 1.54) is 35.9 Å². The molecule has 6 nitrogen and oxygen atoms in total. The van der Waals surface area contributed by atoms with Gasteiger partial charge in [0.1, 0.15) is 11.6 Å². The maximum atomic E-state index is 13.5. The highest BCUT2D eigenvalue weighted by molar-refractivity contribution is 7.92. The van der Waals surface area contributed by atoms with Crippen LogP contribution in [0, 0.1) is 6.92 Å². The summed E-state index contributed by atoms with van der Waals surface area (Å²) in [5.41, 5.74) is 3.74. The summed E-state index contributed by atoms with van der Waals surface area (Å²) < 4.78 is 29.1. The number of carbonyl (C=O) groups is 1. The first-order valence-corrected chi connectivity index (χ1v) is 14.5. The first kappa shape index (κ1) is 26.2. The van der Waals surface area contributed by atoms with Crippen molar-refractivity contribution in [2.75, 3.05) is 16.2 Å². The molecule has 192 valence electrons. The van der Waals surface area contributed by atoms with Crippen LogP contribution in [-0.2, 0) is 14.8 Å². The summed E-state index contributed by atoms with van der Waals surface area (Å²) in [6, 6.07) is 25.7. The fourth-order valence-corrected chi connectivity index (χ4v) is 6.91. The van der Waals surface area contributed by atoms with Crippen molar-refractivity contribution in [2.24, 2.45) is 0 Å². The number of rotatable bonds is 7. The lowest BCUT2D eigenvalue weighted by Crippen LogP contribution is -2.38. The van der Waals surface area contributed by atoms with E-state index in [2.05, 4.69) is 11.4 Å². The molecule has 10 heteroatoms. The van der Waals surface area contributed by atoms with Crippen molar-refractivity contribution in [3.63, 3.8) is 0 Å². The van der Waals surface area contributed by atoms with E-state index in [-0.39, 0.29) is 20.6 Å². The van der Waals surface area contributed by atoms with E-state index < -0.39 is 22.5 Å². The van der Waals surface area contributed by atoms with Crippen LogP contribution in [0.4, 0.5) is 11.4 Å². The van der Waals surface area contributed by atoms with Crippen molar-refractivity contribution >= 4 is 72.1 Å². The van der Waals surface area contributed by atoms with Gasteiger partial charge in [-0.15, -0.1) is 11.3 Å². The molecule has 5 aromatic rings. The highest BCUT2D eigenvalue weighted by Crippen LogP contribution is 2.32. The van der Waals surface area contributed by atoms with E-state index in [9.17, 15) is 13.2 Å². The van der Waals surface area contributed by atoms with Crippen LogP contribution in [0.15, 0.2) is 95.9 Å². The summed E-state index contributed by atoms with van der Waals surface area (Å²) in [7, 11) is -4.09. The van der Waals surface area contributed by atoms with Crippen LogP contribution in [0.1, 0.15) is 5.56 Å². The van der Waals surface area contributed by atoms with Gasteiger partial charge in [-0.3, -0.25) is 9.10 Å². The van der Waals surface area contributed by atoms with E-state index in [0.717, 1.165) is 25.1 Å². The predicted octanol–water partition coefficient (Wildman–Crippen LogP) is 7.41. The number of fused-ring (bicyclic) bond motifs is 1. The maximum Gasteiger partial charge on any atom is 0.264 e. The molecule has 0 atom stereocenters. The molecule has 0 bridgehead atoms. The number of nitrogens with one attached hydrogen (secondary N) is 1. The number of aryl methyl sites for hydroxylation is 1. The number of nitrogens with zero attached hydrogens (tertiary/aromatic N) is 2. The first-order valence-electron chi connectivity index (χ1n) is 11.5. The summed E-state index contributed by atoms with van der Waals surface area (Å²) in [6.07, 6.45) is 0. The van der Waals surface area contributed by atoms with Gasteiger partial charge in [-0.05, 0) is 79.2 Å². The van der Waals surface area contributed by atoms with Crippen molar-refractivity contribution in [1.82, 2.24) is 4.98 Å². The second kappa shape index (κ2) is 10.7. The Labute approximate surface area is 234 Å². The largest absolute Gasteiger partial charge is 0.325 e. The molecule has 0 radical (unpaired) electrons. The zero-order chi connectivity index (χ0) is 26.9. The summed E-state index contributed by atoms with van der Waals surface area (Å²) in [5.74, 6) is -0.524. The molecule has 1 N–H and O–H groups in total. The lowest BCUT2D eigenvalue weighted by Gasteiger charge is -2.24. The van der Waals surface area contributed by atoms with Gasteiger partial charge in [0, 0.05) is 21.3 Å². The molecule has 5 rings (SSSR count). The molecular weight excluding hydrogens is 561 g/mol. The van der Waals surface area contributed by atoms with Crippen LogP contribution in [-0.4, -0.2) is 25.9 Å². The molecule has 0 aliphatic heterocycles. The molecule has 4 aromatic carbocycles. The SMILES string of the molecule is Cc1ccc2nc(-c3ccc(NC(=O)CN(c4cc(Cl)cc(Cl)c4)S(=O)(=O)c4ccccc4)cc3)sc2c1. The van der Waals surface area contributed by atoms with E-state index in [0.29, 0.717) is 5.69 Å². The third-order valence-corrected chi connectivity index (χ3v) is 9.01. The average molecular weight is 583 g/mol. The molecule has 0 aliphatic rings. The minimum absolute atomic E-state index is 0.0410. The molecule has 38 heavy (non-hydrogen) atoms. The van der Waals surface area contributed by atoms with Crippen LogP contribution in [0.5, 0.6) is 0 Å². The average Bonchev–Trinajstić information content (AvgIpc) is 3.31. The maximum absolute atomic E-state index is 13.5. The Kier molecular flexibility index (Phi) is 7.40. The Bertz CT molecular complexity index is 1720. The molecule has 1 heterocycles. The van der Waals surface area contributed by atoms with Gasteiger partial charge < -0.3 is 5.32 Å². The normalized spacial score (nSPS) is 11.4. The number of amides is 1. The zero-order valence-corrected chi connectivity index (χ0v) is 23.2. The Balaban J connectivity index is 1.38. The highest BCUT2D eigenvalue weighted by atomic mass is 35.5. The molecule has 0 aliphatic carbocycles. The number of anilines is 2. The van der Waals surface area contributed by atoms with Gasteiger partial charge in [0.2, 0.25) is 5.91 Å². The summed E-state index contributed by atoms with van der Waals surface area (Å²) in [4.78, 5) is 17.8. The molecule has 0 saturated carbocycles. The number of aromatic nitrogens is 1. The molecular formula is C28H21Cl2N3O3S2. The molecule has 1 amide bonds. The highest BCUT2D eigenvalue weighted by Gasteiger charge is 2.27. The van der Waals surface area contributed by atoms with Crippen molar-refractivity contribution in [1.29, 1.82) is 0 Å². The Morgan fingerprint density at radius 3 is 2.29 bits per heavy atom. The van der Waals surface area contributed by atoms with Crippen LogP contribution >= 0.6 is 34.5 Å². The molecule has 0 saturated heterocycles. The third kappa shape index (κ3) is 5.68. The van der Waals surface area contributed by atoms with Crippen molar-refractivity contribution in [3.05, 3.63) is 107 Å². The number of thiazole rings is 1. The molecule has 1 aromatic heterocycles. The number of hydrogen-bond acceptors (Lipinski definition) is 5. The van der Waals surface area contributed by atoms with Gasteiger partial charge in [0.05, 0.1) is 20.8 Å². The van der Waals surface area contributed by atoms with Crippen molar-refractivity contribution in [3.8, 4) is 10.6 Å². The van der Waals surface area contributed by atoms with Gasteiger partial charge in [-0.2, -0.15) is 0 Å². The zero-order valence-electron chi connectivity index (χ0n) is 20.1. The minimum Gasteiger partial charge on any atom is -0.325 e. The quantitative estimate of drug-likeness (QED) is 0.217. The summed E-state index contributed by atoms with van der Waals surface area (Å²) in [6.45, 7) is 1.57. The molecule has 0 spiro atoms. The number of sulfonamides is 1. The number of halogens is 2. The van der Waals surface area contributed by atoms with Crippen molar-refractivity contribution in [2.45, 2.75) is 11.8 Å². The number of hydrogen-bond donors (Lipinski definition) is 1.